The molecule has 4 saturated heterocycles. The van der Waals surface area contributed by atoms with Gasteiger partial charge in [0.2, 0.25) is 11.8 Å². The van der Waals surface area contributed by atoms with E-state index in [0.29, 0.717) is 17.2 Å². The van der Waals surface area contributed by atoms with Crippen molar-refractivity contribution < 1.29 is 23.6 Å². The van der Waals surface area contributed by atoms with Gasteiger partial charge in [0.25, 0.3) is 11.8 Å². The zero-order valence-electron chi connectivity index (χ0n) is 30.7. The summed E-state index contributed by atoms with van der Waals surface area (Å²) in [4.78, 5) is 68.4. The summed E-state index contributed by atoms with van der Waals surface area (Å²) >= 11 is 0. The molecule has 13 nitrogen and oxygen atoms in total. The first-order valence-corrected chi connectivity index (χ1v) is 19.5. The van der Waals surface area contributed by atoms with Crippen molar-refractivity contribution in [3.63, 3.8) is 0 Å². The lowest BCUT2D eigenvalue weighted by Gasteiger charge is -2.47. The highest BCUT2D eigenvalue weighted by Gasteiger charge is 2.45. The highest BCUT2D eigenvalue weighted by Crippen LogP contribution is 2.38. The molecule has 2 aromatic carbocycles. The van der Waals surface area contributed by atoms with Gasteiger partial charge in [-0.3, -0.25) is 34.3 Å². The number of halogens is 1. The number of imidazole rings is 1. The highest BCUT2D eigenvalue weighted by atomic mass is 19.1. The van der Waals surface area contributed by atoms with Gasteiger partial charge in [0.15, 0.2) is 5.65 Å². The number of anilines is 2. The number of benzene rings is 2. The third-order valence-corrected chi connectivity index (χ3v) is 12.3. The Morgan fingerprint density at radius 2 is 1.57 bits per heavy atom. The molecule has 0 saturated carbocycles. The van der Waals surface area contributed by atoms with Crippen LogP contribution in [-0.4, -0.2) is 97.8 Å². The van der Waals surface area contributed by atoms with E-state index in [-0.39, 0.29) is 36.5 Å². The van der Waals surface area contributed by atoms with E-state index in [1.165, 1.54) is 6.07 Å². The molecule has 0 spiro atoms. The van der Waals surface area contributed by atoms with Crippen LogP contribution in [0.3, 0.4) is 0 Å². The van der Waals surface area contributed by atoms with Crippen molar-refractivity contribution in [2.45, 2.75) is 62.6 Å². The fourth-order valence-electron chi connectivity index (χ4n) is 9.26. The molecule has 2 unspecified atom stereocenters. The summed E-state index contributed by atoms with van der Waals surface area (Å²) < 4.78 is 16.0. The minimum atomic E-state index is -0.967. The Hall–Kier alpha value is -6.02. The van der Waals surface area contributed by atoms with Crippen LogP contribution in [-0.2, 0) is 9.59 Å². The number of hydrogen-bond donors (Lipinski definition) is 1. The zero-order chi connectivity index (χ0) is 38.1. The Bertz CT molecular complexity index is 2420. The van der Waals surface area contributed by atoms with Crippen molar-refractivity contribution in [1.29, 1.82) is 0 Å². The third-order valence-electron chi connectivity index (χ3n) is 12.3. The van der Waals surface area contributed by atoms with Gasteiger partial charge < -0.3 is 9.80 Å². The number of aromatic nitrogens is 4. The quantitative estimate of drug-likeness (QED) is 0.232. The number of pyridine rings is 1. The Kier molecular flexibility index (Phi) is 8.38. The predicted octanol–water partition coefficient (Wildman–Crippen LogP) is 4.74. The molecular weight excluding hydrogens is 714 g/mol. The van der Waals surface area contributed by atoms with E-state index in [4.69, 9.17) is 10.1 Å². The molecule has 4 fully saturated rings. The van der Waals surface area contributed by atoms with Gasteiger partial charge in [0.1, 0.15) is 29.2 Å². The number of amides is 4. The molecule has 5 aliphatic rings. The molecule has 3 aromatic heterocycles. The Morgan fingerprint density at radius 3 is 2.39 bits per heavy atom. The first-order valence-electron chi connectivity index (χ1n) is 19.5. The topological polar surface area (TPSA) is 136 Å². The first-order chi connectivity index (χ1) is 27.3. The molecular formula is C42H40FN9O4. The van der Waals surface area contributed by atoms with Crippen LogP contribution >= 0.6 is 0 Å². The maximum Gasteiger partial charge on any atom is 0.262 e. The maximum atomic E-state index is 14.1. The lowest BCUT2D eigenvalue weighted by Crippen LogP contribution is -2.54. The highest BCUT2D eigenvalue weighted by molar-refractivity contribution is 6.23. The van der Waals surface area contributed by atoms with Crippen LogP contribution in [0.15, 0.2) is 79.0 Å². The number of fused-ring (bicyclic) bond motifs is 2. The summed E-state index contributed by atoms with van der Waals surface area (Å²) in [5.41, 5.74) is 4.97. The minimum absolute atomic E-state index is 0.0609. The van der Waals surface area contributed by atoms with Gasteiger partial charge in [-0.25, -0.2) is 18.9 Å². The summed E-state index contributed by atoms with van der Waals surface area (Å²) in [6.45, 7) is 4.34. The lowest BCUT2D eigenvalue weighted by molar-refractivity contribution is -0.136. The number of piperidine rings is 2. The normalized spacial score (nSPS) is 22.3. The Morgan fingerprint density at radius 1 is 0.750 bits per heavy atom. The second-order valence-corrected chi connectivity index (χ2v) is 15.5. The van der Waals surface area contributed by atoms with Crippen LogP contribution in [0.5, 0.6) is 0 Å². The van der Waals surface area contributed by atoms with Gasteiger partial charge >= 0.3 is 0 Å². The van der Waals surface area contributed by atoms with Gasteiger partial charge in [0, 0.05) is 51.1 Å². The number of hydrogen-bond acceptors (Lipinski definition) is 10. The molecule has 4 amide bonds. The van der Waals surface area contributed by atoms with Crippen molar-refractivity contribution in [2.24, 2.45) is 0 Å². The van der Waals surface area contributed by atoms with Crippen molar-refractivity contribution in [2.75, 3.05) is 42.5 Å². The van der Waals surface area contributed by atoms with Crippen LogP contribution < -0.4 is 15.1 Å². The van der Waals surface area contributed by atoms with E-state index in [1.807, 2.05) is 53.2 Å². The standard InChI is InChI=1S/C42H40FN9O4/c43-28-5-1-4-26(20-28)33-7-3-17-50(33)38-13-12-36-44-22-35(52(36)47-38)32-6-2-8-37(45-32)48-18-15-29(16-19-48)49-23-27(24-49)25-9-10-30-31(21-25)42(56)51(41(30)55)34-11-14-39(53)46-40(34)54/h1-2,4-6,8-10,12-13,20-22,27,29,33-34H,3,7,11,14-19,23-24H2,(H,46,53,54). The van der Waals surface area contributed by atoms with E-state index in [2.05, 4.69) is 31.1 Å². The molecule has 0 aliphatic carbocycles. The van der Waals surface area contributed by atoms with Gasteiger partial charge in [-0.05, 0) is 91.8 Å². The van der Waals surface area contributed by atoms with Gasteiger partial charge in [-0.1, -0.05) is 24.3 Å². The van der Waals surface area contributed by atoms with E-state index >= 15 is 0 Å². The van der Waals surface area contributed by atoms with Gasteiger partial charge in [0.05, 0.1) is 29.1 Å². The number of rotatable bonds is 7. The van der Waals surface area contributed by atoms with Crippen molar-refractivity contribution in [3.8, 4) is 11.4 Å². The number of nitrogens with zero attached hydrogens (tertiary/aromatic N) is 8. The molecule has 5 aliphatic heterocycles. The van der Waals surface area contributed by atoms with Crippen LogP contribution in [0, 0.1) is 5.82 Å². The second-order valence-electron chi connectivity index (χ2n) is 15.5. The molecule has 14 heteroatoms. The van der Waals surface area contributed by atoms with Crippen LogP contribution in [0.2, 0.25) is 0 Å². The number of likely N-dealkylation sites (tertiary alicyclic amines) is 1. The van der Waals surface area contributed by atoms with Crippen LogP contribution in [0.4, 0.5) is 16.0 Å². The molecule has 5 aromatic rings. The fourth-order valence-corrected chi connectivity index (χ4v) is 9.26. The van der Waals surface area contributed by atoms with Crippen molar-refractivity contribution in [1.82, 2.24) is 34.7 Å². The number of carbonyl (C=O) groups excluding carboxylic acids is 4. The summed E-state index contributed by atoms with van der Waals surface area (Å²) in [6, 6.07) is 21.9. The molecule has 0 bridgehead atoms. The molecule has 284 valence electrons. The summed E-state index contributed by atoms with van der Waals surface area (Å²) in [5.74, 6) is -0.173. The smallest absolute Gasteiger partial charge is 0.262 e. The number of carbonyl (C=O) groups is 4. The van der Waals surface area contributed by atoms with Gasteiger partial charge in [-0.15, -0.1) is 5.10 Å². The Balaban J connectivity index is 0.780. The van der Waals surface area contributed by atoms with E-state index in [0.717, 1.165) is 103 Å². The summed E-state index contributed by atoms with van der Waals surface area (Å²) in [6.07, 6.45) is 6.00. The number of nitrogens with one attached hydrogen (secondary N) is 1. The molecule has 8 heterocycles. The molecule has 1 N–H and O–H groups in total. The van der Waals surface area contributed by atoms with Crippen molar-refractivity contribution >= 4 is 40.9 Å². The number of imide groups is 2. The monoisotopic (exact) mass is 753 g/mol. The molecule has 0 radical (unpaired) electrons. The molecule has 10 rings (SSSR count). The first kappa shape index (κ1) is 34.5. The predicted molar refractivity (Wildman–Crippen MR) is 205 cm³/mol. The van der Waals surface area contributed by atoms with E-state index in [1.54, 1.807) is 18.2 Å². The second kappa shape index (κ2) is 13.6. The fraction of sp³-hybridized carbons (Fsp3) is 0.357. The van der Waals surface area contributed by atoms with Crippen molar-refractivity contribution in [3.05, 3.63) is 107 Å². The zero-order valence-corrected chi connectivity index (χ0v) is 30.7. The SMILES string of the molecule is O=C1CCC(N2C(=O)c3ccc(C4CN(C5CCN(c6cccc(-c7cnc8ccc(N9CCCC9c9cccc(F)c9)nn78)n6)CC5)C4)cc3C2=O)C(=O)N1. The molecule has 56 heavy (non-hydrogen) atoms. The Labute approximate surface area is 322 Å². The van der Waals surface area contributed by atoms with Crippen LogP contribution in [0.1, 0.15) is 82.3 Å². The van der Waals surface area contributed by atoms with Gasteiger partial charge in [-0.2, -0.15) is 0 Å². The summed E-state index contributed by atoms with van der Waals surface area (Å²) in [7, 11) is 0. The third kappa shape index (κ3) is 5.90. The lowest BCUT2D eigenvalue weighted by atomic mass is 9.86. The summed E-state index contributed by atoms with van der Waals surface area (Å²) in [5, 5.41) is 7.28. The average molecular weight is 754 g/mol. The molecule has 2 atom stereocenters. The largest absolute Gasteiger partial charge is 0.356 e. The minimum Gasteiger partial charge on any atom is -0.356 e. The van der Waals surface area contributed by atoms with Crippen LogP contribution in [0.25, 0.3) is 17.0 Å². The van der Waals surface area contributed by atoms with E-state index < -0.39 is 23.8 Å². The van der Waals surface area contributed by atoms with E-state index in [9.17, 15) is 23.6 Å². The maximum absolute atomic E-state index is 14.1. The average Bonchev–Trinajstić information content (AvgIpc) is 3.91.